The van der Waals surface area contributed by atoms with Gasteiger partial charge in [0.15, 0.2) is 9.84 Å². The van der Waals surface area contributed by atoms with Crippen molar-refractivity contribution in [3.05, 3.63) is 12.7 Å². The first kappa shape index (κ1) is 16.7. The molecular weight excluding hydrogens is 282 g/mol. The number of likely N-dealkylation sites (tertiary alicyclic amines) is 1. The van der Waals surface area contributed by atoms with Gasteiger partial charge in [0.25, 0.3) is 0 Å². The maximum Gasteiger partial charge on any atom is 0.308 e. The van der Waals surface area contributed by atoms with Gasteiger partial charge in [-0.3, -0.25) is 9.59 Å². The molecule has 1 amide bonds. The van der Waals surface area contributed by atoms with Crippen LogP contribution in [0.2, 0.25) is 0 Å². The van der Waals surface area contributed by atoms with E-state index in [0.29, 0.717) is 25.9 Å². The van der Waals surface area contributed by atoms with Crippen molar-refractivity contribution in [2.75, 3.05) is 26.0 Å². The summed E-state index contributed by atoms with van der Waals surface area (Å²) in [5.74, 6) is -1.10. The molecule has 1 fully saturated rings. The second kappa shape index (κ2) is 6.88. The number of hydrogen-bond acceptors (Lipinski definition) is 5. The summed E-state index contributed by atoms with van der Waals surface area (Å²) < 4.78 is 28.4. The molecule has 0 aromatic carbocycles. The summed E-state index contributed by atoms with van der Waals surface area (Å²) in [6.07, 6.45) is 2.29. The molecule has 1 aliphatic heterocycles. The lowest BCUT2D eigenvalue weighted by Crippen LogP contribution is -2.46. The van der Waals surface area contributed by atoms with E-state index in [1.807, 2.05) is 0 Å². The minimum Gasteiger partial charge on any atom is -0.469 e. The zero-order valence-electron chi connectivity index (χ0n) is 11.9. The number of carbonyl (C=O) groups excluding carboxylic acids is 2. The van der Waals surface area contributed by atoms with Crippen molar-refractivity contribution in [1.82, 2.24) is 4.90 Å². The van der Waals surface area contributed by atoms with Gasteiger partial charge in [0.05, 0.1) is 18.8 Å². The number of methoxy groups -OCH3 is 1. The Bertz CT molecular complexity index is 477. The van der Waals surface area contributed by atoms with E-state index in [1.54, 1.807) is 0 Å². The third kappa shape index (κ3) is 3.82. The number of amides is 1. The quantitative estimate of drug-likeness (QED) is 0.542. The van der Waals surface area contributed by atoms with Crippen LogP contribution in [0.3, 0.4) is 0 Å². The average Bonchev–Trinajstić information content (AvgIpc) is 2.45. The van der Waals surface area contributed by atoms with Crippen molar-refractivity contribution < 1.29 is 22.7 Å². The van der Waals surface area contributed by atoms with Crippen molar-refractivity contribution in [2.45, 2.75) is 25.0 Å². The zero-order valence-corrected chi connectivity index (χ0v) is 12.7. The molecule has 0 radical (unpaired) electrons. The maximum atomic E-state index is 12.2. The number of hydrogen-bond donors (Lipinski definition) is 0. The molecule has 0 N–H and O–H groups in total. The number of esters is 1. The molecule has 1 unspecified atom stereocenters. The normalized spacial score (nSPS) is 18.4. The molecule has 0 bridgehead atoms. The lowest BCUT2D eigenvalue weighted by Gasteiger charge is -2.32. The highest BCUT2D eigenvalue weighted by atomic mass is 32.2. The van der Waals surface area contributed by atoms with E-state index in [9.17, 15) is 18.0 Å². The molecule has 1 saturated heterocycles. The topological polar surface area (TPSA) is 80.8 Å². The van der Waals surface area contributed by atoms with E-state index < -0.39 is 21.0 Å². The van der Waals surface area contributed by atoms with Gasteiger partial charge in [-0.15, -0.1) is 6.58 Å². The van der Waals surface area contributed by atoms with Crippen molar-refractivity contribution >= 4 is 21.7 Å². The Morgan fingerprint density at radius 3 is 2.40 bits per heavy atom. The van der Waals surface area contributed by atoms with Gasteiger partial charge in [0.2, 0.25) is 5.91 Å². The fourth-order valence-electron chi connectivity index (χ4n) is 2.22. The van der Waals surface area contributed by atoms with Crippen LogP contribution >= 0.6 is 0 Å². The first-order valence-corrected chi connectivity index (χ1v) is 8.24. The molecule has 0 aromatic rings. The Balaban J connectivity index is 2.63. The maximum absolute atomic E-state index is 12.2. The molecule has 1 atom stereocenters. The summed E-state index contributed by atoms with van der Waals surface area (Å²) in [5.41, 5.74) is 0. The van der Waals surface area contributed by atoms with Crippen LogP contribution in [0.15, 0.2) is 12.7 Å². The van der Waals surface area contributed by atoms with Crippen molar-refractivity contribution in [3.63, 3.8) is 0 Å². The molecule has 0 aromatic heterocycles. The number of ether oxygens (including phenoxy) is 1. The lowest BCUT2D eigenvalue weighted by molar-refractivity contribution is -0.148. The number of piperidine rings is 1. The van der Waals surface area contributed by atoms with Gasteiger partial charge in [-0.1, -0.05) is 6.08 Å². The van der Waals surface area contributed by atoms with Gasteiger partial charge in [-0.05, 0) is 19.8 Å². The standard InChI is InChI=1S/C13H21NO5S/c1-4-9-20(17,18)10(2)12(15)14-7-5-11(6-8-14)13(16)19-3/h4,10-11H,1,5-9H2,2-3H3. The first-order chi connectivity index (χ1) is 9.33. The van der Waals surface area contributed by atoms with E-state index >= 15 is 0 Å². The fraction of sp³-hybridized carbons (Fsp3) is 0.692. The molecule has 0 aliphatic carbocycles. The smallest absolute Gasteiger partial charge is 0.308 e. The zero-order chi connectivity index (χ0) is 15.3. The van der Waals surface area contributed by atoms with Gasteiger partial charge < -0.3 is 9.64 Å². The summed E-state index contributed by atoms with van der Waals surface area (Å²) in [4.78, 5) is 25.1. The van der Waals surface area contributed by atoms with Crippen LogP contribution in [0.25, 0.3) is 0 Å². The largest absolute Gasteiger partial charge is 0.469 e. The van der Waals surface area contributed by atoms with Gasteiger partial charge in [0, 0.05) is 13.1 Å². The highest BCUT2D eigenvalue weighted by molar-refractivity contribution is 7.92. The fourth-order valence-corrected chi connectivity index (χ4v) is 3.30. The highest BCUT2D eigenvalue weighted by Crippen LogP contribution is 2.20. The molecule has 1 aliphatic rings. The van der Waals surface area contributed by atoms with E-state index in [1.165, 1.54) is 25.0 Å². The minimum absolute atomic E-state index is 0.205. The minimum atomic E-state index is -3.49. The molecule has 0 saturated carbocycles. The van der Waals surface area contributed by atoms with Crippen LogP contribution in [0.4, 0.5) is 0 Å². The van der Waals surface area contributed by atoms with E-state index in [4.69, 9.17) is 0 Å². The SMILES string of the molecule is C=CCS(=O)(=O)C(C)C(=O)N1CCC(C(=O)OC)CC1. The van der Waals surface area contributed by atoms with Crippen molar-refractivity contribution in [1.29, 1.82) is 0 Å². The van der Waals surface area contributed by atoms with Gasteiger partial charge >= 0.3 is 5.97 Å². The number of carbonyl (C=O) groups is 2. The summed E-state index contributed by atoms with van der Waals surface area (Å²) in [6.45, 7) is 5.54. The average molecular weight is 303 g/mol. The second-order valence-electron chi connectivity index (χ2n) is 4.88. The van der Waals surface area contributed by atoms with Crippen LogP contribution < -0.4 is 0 Å². The Morgan fingerprint density at radius 1 is 1.40 bits per heavy atom. The Hall–Kier alpha value is -1.37. The summed E-state index contributed by atoms with van der Waals surface area (Å²) in [7, 11) is -2.16. The van der Waals surface area contributed by atoms with Crippen molar-refractivity contribution in [2.24, 2.45) is 5.92 Å². The summed E-state index contributed by atoms with van der Waals surface area (Å²) >= 11 is 0. The lowest BCUT2D eigenvalue weighted by atomic mass is 9.97. The highest BCUT2D eigenvalue weighted by Gasteiger charge is 2.34. The molecule has 1 rings (SSSR count). The van der Waals surface area contributed by atoms with E-state index in [-0.39, 0.29) is 17.6 Å². The Kier molecular flexibility index (Phi) is 5.74. The Morgan fingerprint density at radius 2 is 1.95 bits per heavy atom. The van der Waals surface area contributed by atoms with Crippen LogP contribution in [-0.4, -0.2) is 56.4 Å². The number of rotatable bonds is 5. The summed E-state index contributed by atoms with van der Waals surface area (Å²) in [5, 5.41) is -1.07. The number of nitrogens with zero attached hydrogens (tertiary/aromatic N) is 1. The van der Waals surface area contributed by atoms with Gasteiger partial charge in [-0.25, -0.2) is 8.42 Å². The van der Waals surface area contributed by atoms with Crippen LogP contribution in [0, 0.1) is 5.92 Å². The molecule has 0 spiro atoms. The monoisotopic (exact) mass is 303 g/mol. The molecule has 1 heterocycles. The van der Waals surface area contributed by atoms with E-state index in [0.717, 1.165) is 0 Å². The Labute approximate surface area is 119 Å². The number of sulfone groups is 1. The van der Waals surface area contributed by atoms with Gasteiger partial charge in [0.1, 0.15) is 5.25 Å². The van der Waals surface area contributed by atoms with Crippen molar-refractivity contribution in [3.8, 4) is 0 Å². The molecule has 6 nitrogen and oxygen atoms in total. The van der Waals surface area contributed by atoms with Gasteiger partial charge in [-0.2, -0.15) is 0 Å². The van der Waals surface area contributed by atoms with E-state index in [2.05, 4.69) is 11.3 Å². The molecule has 7 heteroatoms. The third-order valence-corrected chi connectivity index (χ3v) is 5.56. The second-order valence-corrected chi connectivity index (χ2v) is 7.25. The first-order valence-electron chi connectivity index (χ1n) is 6.52. The van der Waals surface area contributed by atoms with Crippen LogP contribution in [-0.2, 0) is 24.2 Å². The molecule has 20 heavy (non-hydrogen) atoms. The molecule has 114 valence electrons. The van der Waals surface area contributed by atoms with Crippen LogP contribution in [0.5, 0.6) is 0 Å². The molecular formula is C13H21NO5S. The van der Waals surface area contributed by atoms with Crippen LogP contribution in [0.1, 0.15) is 19.8 Å². The predicted octanol–water partition coefficient (Wildman–Crippen LogP) is 0.387. The third-order valence-electron chi connectivity index (χ3n) is 3.58. The predicted molar refractivity (Wildman–Crippen MR) is 74.8 cm³/mol. The summed E-state index contributed by atoms with van der Waals surface area (Å²) in [6, 6.07) is 0.